The van der Waals surface area contributed by atoms with E-state index in [1.165, 1.54) is 15.4 Å². The molecule has 0 heterocycles. The lowest BCUT2D eigenvalue weighted by Gasteiger charge is -2.25. The summed E-state index contributed by atoms with van der Waals surface area (Å²) >= 11 is 0. The van der Waals surface area contributed by atoms with Crippen molar-refractivity contribution >= 4 is 21.6 Å². The molecule has 0 aromatic heterocycles. The first-order chi connectivity index (χ1) is 13.7. The molecular weight excluding hydrogens is 384 g/mol. The van der Waals surface area contributed by atoms with Crippen molar-refractivity contribution in [2.45, 2.75) is 53.0 Å². The van der Waals surface area contributed by atoms with Gasteiger partial charge in [0.05, 0.1) is 11.9 Å². The molecular formula is C23H32N2O3S. The fourth-order valence-electron chi connectivity index (χ4n) is 3.37. The summed E-state index contributed by atoms with van der Waals surface area (Å²) in [5, 5.41) is 2.90. The number of hydrogen-bond donors (Lipinski definition) is 1. The molecule has 6 heteroatoms. The average molecular weight is 417 g/mol. The second-order valence-corrected chi connectivity index (χ2v) is 9.48. The van der Waals surface area contributed by atoms with Gasteiger partial charge in [-0.25, -0.2) is 8.42 Å². The zero-order chi connectivity index (χ0) is 21.6. The molecule has 2 rings (SSSR count). The van der Waals surface area contributed by atoms with Crippen molar-refractivity contribution in [1.29, 1.82) is 0 Å². The van der Waals surface area contributed by atoms with Gasteiger partial charge in [-0.2, -0.15) is 0 Å². The highest BCUT2D eigenvalue weighted by atomic mass is 32.2. The van der Waals surface area contributed by atoms with Crippen molar-refractivity contribution in [2.75, 3.05) is 17.1 Å². The topological polar surface area (TPSA) is 66.5 Å². The molecule has 29 heavy (non-hydrogen) atoms. The fourth-order valence-corrected chi connectivity index (χ4v) is 4.25. The molecule has 0 saturated heterocycles. The van der Waals surface area contributed by atoms with Crippen LogP contribution in [0.3, 0.4) is 0 Å². The first-order valence-electron chi connectivity index (χ1n) is 10.1. The summed E-state index contributed by atoms with van der Waals surface area (Å²) in [6, 6.07) is 13.7. The van der Waals surface area contributed by atoms with Crippen LogP contribution in [-0.4, -0.2) is 27.1 Å². The largest absolute Gasteiger partial charge is 0.350 e. The first-order valence-corrected chi connectivity index (χ1v) is 12.0. The average Bonchev–Trinajstić information content (AvgIpc) is 2.69. The van der Waals surface area contributed by atoms with Gasteiger partial charge >= 0.3 is 0 Å². The highest BCUT2D eigenvalue weighted by molar-refractivity contribution is 7.92. The minimum Gasteiger partial charge on any atom is -0.350 e. The van der Waals surface area contributed by atoms with Gasteiger partial charge in [0.1, 0.15) is 6.54 Å². The molecule has 2 aromatic rings. The van der Waals surface area contributed by atoms with Crippen LogP contribution in [0.15, 0.2) is 42.5 Å². The molecule has 0 fully saturated rings. The molecule has 0 bridgehead atoms. The molecule has 0 atom stereocenters. The predicted octanol–water partition coefficient (Wildman–Crippen LogP) is 4.02. The van der Waals surface area contributed by atoms with Crippen LogP contribution >= 0.6 is 0 Å². The van der Waals surface area contributed by atoms with E-state index in [0.29, 0.717) is 12.2 Å². The minimum atomic E-state index is -3.60. The maximum absolute atomic E-state index is 12.7. The van der Waals surface area contributed by atoms with Gasteiger partial charge in [0.2, 0.25) is 15.9 Å². The summed E-state index contributed by atoms with van der Waals surface area (Å²) < 4.78 is 26.1. The fraction of sp³-hybridized carbons (Fsp3) is 0.435. The summed E-state index contributed by atoms with van der Waals surface area (Å²) in [6.45, 7) is 8.34. The van der Waals surface area contributed by atoms with E-state index in [1.807, 2.05) is 26.0 Å². The van der Waals surface area contributed by atoms with Crippen LogP contribution in [0.4, 0.5) is 5.69 Å². The summed E-state index contributed by atoms with van der Waals surface area (Å²) in [6.07, 6.45) is 2.95. The Balaban J connectivity index is 2.21. The van der Waals surface area contributed by atoms with Crippen molar-refractivity contribution in [1.82, 2.24) is 5.32 Å². The normalized spacial score (nSPS) is 11.5. The lowest BCUT2D eigenvalue weighted by molar-refractivity contribution is -0.119. The summed E-state index contributed by atoms with van der Waals surface area (Å²) in [4.78, 5) is 12.7. The van der Waals surface area contributed by atoms with E-state index in [2.05, 4.69) is 37.4 Å². The molecule has 0 spiro atoms. The zero-order valence-electron chi connectivity index (χ0n) is 18.0. The molecule has 1 amide bonds. The van der Waals surface area contributed by atoms with Crippen molar-refractivity contribution in [2.24, 2.45) is 0 Å². The third-order valence-corrected chi connectivity index (χ3v) is 6.18. The maximum atomic E-state index is 12.7. The van der Waals surface area contributed by atoms with Crippen molar-refractivity contribution in [3.8, 4) is 0 Å². The van der Waals surface area contributed by atoms with Crippen LogP contribution in [0.2, 0.25) is 0 Å². The van der Waals surface area contributed by atoms with E-state index < -0.39 is 10.0 Å². The molecule has 2 aromatic carbocycles. The summed E-state index contributed by atoms with van der Waals surface area (Å²) in [5.41, 5.74) is 4.94. The highest BCUT2D eigenvalue weighted by Crippen LogP contribution is 2.28. The zero-order valence-corrected chi connectivity index (χ0v) is 18.8. The van der Waals surface area contributed by atoms with Gasteiger partial charge in [-0.15, -0.1) is 0 Å². The highest BCUT2D eigenvalue weighted by Gasteiger charge is 2.23. The third kappa shape index (κ3) is 6.07. The van der Waals surface area contributed by atoms with Crippen LogP contribution in [-0.2, 0) is 34.2 Å². The van der Waals surface area contributed by atoms with Crippen LogP contribution in [0.5, 0.6) is 0 Å². The van der Waals surface area contributed by atoms with Gasteiger partial charge in [-0.3, -0.25) is 9.10 Å². The molecule has 0 radical (unpaired) electrons. The van der Waals surface area contributed by atoms with Crippen LogP contribution < -0.4 is 9.62 Å². The van der Waals surface area contributed by atoms with Crippen LogP contribution in [0.25, 0.3) is 0 Å². The Morgan fingerprint density at radius 2 is 1.72 bits per heavy atom. The van der Waals surface area contributed by atoms with Gasteiger partial charge in [0.25, 0.3) is 0 Å². The van der Waals surface area contributed by atoms with Gasteiger partial charge in [-0.1, -0.05) is 64.1 Å². The van der Waals surface area contributed by atoms with Crippen LogP contribution in [0, 0.1) is 0 Å². The van der Waals surface area contributed by atoms with E-state index in [9.17, 15) is 13.2 Å². The Labute approximate surface area is 175 Å². The number of benzene rings is 2. The Hall–Kier alpha value is -2.34. The molecule has 0 saturated carbocycles. The van der Waals surface area contributed by atoms with Gasteiger partial charge in [-0.05, 0) is 47.1 Å². The number of hydrogen-bond acceptors (Lipinski definition) is 3. The number of amides is 1. The maximum Gasteiger partial charge on any atom is 0.241 e. The number of carbonyl (C=O) groups excluding carboxylic acids is 1. The van der Waals surface area contributed by atoms with Crippen molar-refractivity contribution in [3.05, 3.63) is 64.7 Å². The lowest BCUT2D eigenvalue weighted by Crippen LogP contribution is -2.40. The van der Waals surface area contributed by atoms with Gasteiger partial charge in [0.15, 0.2) is 0 Å². The van der Waals surface area contributed by atoms with Gasteiger partial charge < -0.3 is 5.32 Å². The Kier molecular flexibility index (Phi) is 7.85. The molecule has 0 unspecified atom stereocenters. The number of nitrogens with zero attached hydrogens (tertiary/aromatic N) is 1. The molecule has 0 aliphatic rings. The number of carbonyl (C=O) groups is 1. The second kappa shape index (κ2) is 9.92. The predicted molar refractivity (Wildman–Crippen MR) is 120 cm³/mol. The van der Waals surface area contributed by atoms with E-state index in [1.54, 1.807) is 12.1 Å². The van der Waals surface area contributed by atoms with E-state index in [0.717, 1.165) is 30.2 Å². The number of aryl methyl sites for hydroxylation is 2. The number of para-hydroxylation sites is 1. The lowest BCUT2D eigenvalue weighted by atomic mass is 10.0. The van der Waals surface area contributed by atoms with E-state index in [4.69, 9.17) is 0 Å². The van der Waals surface area contributed by atoms with Gasteiger partial charge in [0, 0.05) is 6.54 Å². The summed E-state index contributed by atoms with van der Waals surface area (Å²) in [5.74, 6) is -0.180. The van der Waals surface area contributed by atoms with E-state index >= 15 is 0 Å². The smallest absolute Gasteiger partial charge is 0.241 e. The quantitative estimate of drug-likeness (QED) is 0.671. The molecule has 0 aliphatic carbocycles. The third-order valence-electron chi connectivity index (χ3n) is 5.05. The monoisotopic (exact) mass is 416 g/mol. The van der Waals surface area contributed by atoms with E-state index in [-0.39, 0.29) is 18.4 Å². The number of rotatable bonds is 9. The Bertz CT molecular complexity index is 952. The standard InChI is InChI=1S/C23H32N2O3S/c1-6-18-12-13-19(7-2)20(14-18)15-24-23(26)16-25(29(5,27)28)22-11-9-8-10-21(22)17(3)4/h8-14,17H,6-7,15-16H2,1-5H3,(H,24,26). The van der Waals surface area contributed by atoms with Crippen molar-refractivity contribution in [3.63, 3.8) is 0 Å². The Morgan fingerprint density at radius 1 is 1.03 bits per heavy atom. The molecule has 5 nitrogen and oxygen atoms in total. The number of nitrogens with one attached hydrogen (secondary N) is 1. The molecule has 158 valence electrons. The Morgan fingerprint density at radius 3 is 2.31 bits per heavy atom. The SMILES string of the molecule is CCc1ccc(CC)c(CNC(=O)CN(c2ccccc2C(C)C)S(C)(=O)=O)c1. The number of sulfonamides is 1. The summed E-state index contributed by atoms with van der Waals surface area (Å²) in [7, 11) is -3.60. The molecule has 1 N–H and O–H groups in total. The minimum absolute atomic E-state index is 0.141. The number of anilines is 1. The second-order valence-electron chi connectivity index (χ2n) is 7.57. The molecule has 0 aliphatic heterocycles. The van der Waals surface area contributed by atoms with Crippen LogP contribution in [0.1, 0.15) is 55.9 Å². The first kappa shape index (κ1) is 22.9. The van der Waals surface area contributed by atoms with Crippen molar-refractivity contribution < 1.29 is 13.2 Å².